The third kappa shape index (κ3) is 18.2. The van der Waals surface area contributed by atoms with Crippen LogP contribution in [-0.2, 0) is 9.59 Å². The van der Waals surface area contributed by atoms with E-state index in [2.05, 4.69) is 13.8 Å². The van der Waals surface area contributed by atoms with E-state index in [1.54, 1.807) is 12.1 Å². The van der Waals surface area contributed by atoms with Gasteiger partial charge in [-0.2, -0.15) is 10.5 Å². The maximum Gasteiger partial charge on any atom is 0.346 e. The summed E-state index contributed by atoms with van der Waals surface area (Å²) in [5, 5.41) is 33.9. The zero-order chi connectivity index (χ0) is 21.6. The first-order chi connectivity index (χ1) is 13.4. The van der Waals surface area contributed by atoms with Crippen molar-refractivity contribution in [2.75, 3.05) is 0 Å². The smallest absolute Gasteiger partial charge is 0.346 e. The molecule has 0 spiro atoms. The van der Waals surface area contributed by atoms with E-state index in [4.69, 9.17) is 20.7 Å². The van der Waals surface area contributed by atoms with Gasteiger partial charge < -0.3 is 10.2 Å². The second-order valence-electron chi connectivity index (χ2n) is 6.48. The fourth-order valence-corrected chi connectivity index (χ4v) is 2.35. The molecular weight excluding hydrogens is 356 g/mol. The summed E-state index contributed by atoms with van der Waals surface area (Å²) in [4.78, 5) is 20.8. The molecule has 0 unspecified atom stereocenters. The number of carboxylic acid groups (broad SMARTS) is 2. The molecule has 0 rings (SSSR count). The lowest BCUT2D eigenvalue weighted by Crippen LogP contribution is -1.97. The van der Waals surface area contributed by atoms with Gasteiger partial charge in [-0.1, -0.05) is 77.4 Å². The topological polar surface area (TPSA) is 122 Å². The van der Waals surface area contributed by atoms with Crippen molar-refractivity contribution in [3.63, 3.8) is 0 Å². The number of nitrogens with zero attached hydrogens (tertiary/aromatic N) is 2. The number of rotatable bonds is 14. The number of carboxylic acids is 2. The van der Waals surface area contributed by atoms with E-state index in [1.807, 2.05) is 0 Å². The van der Waals surface area contributed by atoms with Crippen LogP contribution in [0.3, 0.4) is 0 Å². The number of hydrogen-bond acceptors (Lipinski definition) is 4. The number of nitriles is 2. The molecule has 0 amide bonds. The van der Waals surface area contributed by atoms with Crippen LogP contribution in [-0.4, -0.2) is 22.2 Å². The van der Waals surface area contributed by atoms with Crippen molar-refractivity contribution >= 4 is 11.9 Å². The third-order valence-electron chi connectivity index (χ3n) is 4.01. The van der Waals surface area contributed by atoms with E-state index < -0.39 is 11.9 Å². The molecule has 6 heteroatoms. The van der Waals surface area contributed by atoms with Gasteiger partial charge >= 0.3 is 11.9 Å². The monoisotopic (exact) mass is 390 g/mol. The Hall–Kier alpha value is -2.60. The Morgan fingerprint density at radius 3 is 1.32 bits per heavy atom. The highest BCUT2D eigenvalue weighted by atomic mass is 16.4. The van der Waals surface area contributed by atoms with Crippen LogP contribution in [0.15, 0.2) is 23.3 Å². The molecule has 0 fully saturated rings. The lowest BCUT2D eigenvalue weighted by atomic mass is 10.1. The largest absolute Gasteiger partial charge is 0.477 e. The minimum atomic E-state index is -1.13. The van der Waals surface area contributed by atoms with Crippen molar-refractivity contribution < 1.29 is 19.8 Å². The molecule has 0 radical (unpaired) electrons. The summed E-state index contributed by atoms with van der Waals surface area (Å²) in [7, 11) is 0. The first-order valence-electron chi connectivity index (χ1n) is 10.1. The summed E-state index contributed by atoms with van der Waals surface area (Å²) in [6.45, 7) is 4.29. The van der Waals surface area contributed by atoms with E-state index in [0.29, 0.717) is 12.8 Å². The van der Waals surface area contributed by atoms with Gasteiger partial charge in [0.2, 0.25) is 0 Å². The summed E-state index contributed by atoms with van der Waals surface area (Å²) >= 11 is 0. The Kier molecular flexibility index (Phi) is 20.4. The van der Waals surface area contributed by atoms with Crippen molar-refractivity contribution in [3.05, 3.63) is 23.3 Å². The molecule has 0 aliphatic carbocycles. The van der Waals surface area contributed by atoms with Crippen molar-refractivity contribution in [1.29, 1.82) is 10.5 Å². The molecule has 0 aromatic carbocycles. The quantitative estimate of drug-likeness (QED) is 0.221. The van der Waals surface area contributed by atoms with Crippen LogP contribution in [0.5, 0.6) is 0 Å². The SMILES string of the molecule is CCCCCCC=C(C#N)C(=O)O.CCCCCCCCC=C(C#N)C(=O)O. The molecule has 0 aromatic rings. The van der Waals surface area contributed by atoms with Crippen LogP contribution in [0.4, 0.5) is 0 Å². The first-order valence-corrected chi connectivity index (χ1v) is 10.1. The van der Waals surface area contributed by atoms with Crippen molar-refractivity contribution in [2.45, 2.75) is 90.9 Å². The molecule has 156 valence electrons. The van der Waals surface area contributed by atoms with Gasteiger partial charge in [0.1, 0.15) is 23.3 Å². The van der Waals surface area contributed by atoms with Crippen LogP contribution >= 0.6 is 0 Å². The number of hydrogen-bond donors (Lipinski definition) is 2. The van der Waals surface area contributed by atoms with Gasteiger partial charge in [0.25, 0.3) is 0 Å². The molecule has 0 aliphatic heterocycles. The van der Waals surface area contributed by atoms with Gasteiger partial charge in [0, 0.05) is 0 Å². The highest BCUT2D eigenvalue weighted by Gasteiger charge is 2.04. The lowest BCUT2D eigenvalue weighted by Gasteiger charge is -1.97. The Balaban J connectivity index is 0. The Morgan fingerprint density at radius 2 is 1.00 bits per heavy atom. The minimum Gasteiger partial charge on any atom is -0.477 e. The molecule has 28 heavy (non-hydrogen) atoms. The van der Waals surface area contributed by atoms with Crippen molar-refractivity contribution in [2.24, 2.45) is 0 Å². The number of aliphatic carboxylic acids is 2. The average Bonchev–Trinajstić information content (AvgIpc) is 2.67. The summed E-state index contributed by atoms with van der Waals surface area (Å²) in [5.74, 6) is -2.25. The van der Waals surface area contributed by atoms with Gasteiger partial charge in [-0.15, -0.1) is 0 Å². The van der Waals surface area contributed by atoms with Gasteiger partial charge in [-0.05, 0) is 25.7 Å². The molecule has 0 aromatic heterocycles. The van der Waals surface area contributed by atoms with Crippen LogP contribution in [0.1, 0.15) is 90.9 Å². The molecule has 0 aliphatic rings. The molecule has 0 bridgehead atoms. The van der Waals surface area contributed by atoms with Crippen molar-refractivity contribution in [1.82, 2.24) is 0 Å². The number of allylic oxidation sites excluding steroid dienone is 2. The van der Waals surface area contributed by atoms with E-state index in [1.165, 1.54) is 44.3 Å². The number of carbonyl (C=O) groups is 2. The van der Waals surface area contributed by atoms with Gasteiger partial charge in [-0.3, -0.25) is 0 Å². The second kappa shape index (κ2) is 20.7. The van der Waals surface area contributed by atoms with Crippen LogP contribution in [0.2, 0.25) is 0 Å². The molecule has 6 nitrogen and oxygen atoms in total. The van der Waals surface area contributed by atoms with Gasteiger partial charge in [-0.25, -0.2) is 9.59 Å². The zero-order valence-corrected chi connectivity index (χ0v) is 17.2. The highest BCUT2D eigenvalue weighted by Crippen LogP contribution is 2.08. The van der Waals surface area contributed by atoms with E-state index >= 15 is 0 Å². The standard InChI is InChI=1S/C12H19NO2.C10H15NO2/c1-2-3-4-5-6-7-8-9-11(10-13)12(14)15;1-2-3-4-5-6-7-9(8-11)10(12)13/h9H,2-8H2,1H3,(H,14,15);7H,2-6H2,1H3,(H,12,13). The average molecular weight is 391 g/mol. The molecule has 2 N–H and O–H groups in total. The zero-order valence-electron chi connectivity index (χ0n) is 17.2. The molecular formula is C22H34N2O4. The van der Waals surface area contributed by atoms with Crippen molar-refractivity contribution in [3.8, 4) is 12.1 Å². The predicted octanol–water partition coefficient (Wildman–Crippen LogP) is 5.76. The normalized spacial score (nSPS) is 11.0. The van der Waals surface area contributed by atoms with E-state index in [-0.39, 0.29) is 11.1 Å². The van der Waals surface area contributed by atoms with E-state index in [0.717, 1.165) is 32.1 Å². The Morgan fingerprint density at radius 1 is 0.679 bits per heavy atom. The number of unbranched alkanes of at least 4 members (excludes halogenated alkanes) is 10. The minimum absolute atomic E-state index is 0.136. The van der Waals surface area contributed by atoms with Gasteiger partial charge in [0.05, 0.1) is 0 Å². The predicted molar refractivity (Wildman–Crippen MR) is 109 cm³/mol. The van der Waals surface area contributed by atoms with E-state index in [9.17, 15) is 9.59 Å². The maximum atomic E-state index is 10.4. The summed E-state index contributed by atoms with van der Waals surface area (Å²) < 4.78 is 0. The summed E-state index contributed by atoms with van der Waals surface area (Å²) in [6.07, 6.45) is 15.9. The fourth-order valence-electron chi connectivity index (χ4n) is 2.35. The first kappa shape index (κ1) is 27.6. The van der Waals surface area contributed by atoms with Crippen LogP contribution in [0, 0.1) is 22.7 Å². The molecule has 0 atom stereocenters. The maximum absolute atomic E-state index is 10.4. The highest BCUT2D eigenvalue weighted by molar-refractivity contribution is 5.91. The Labute approximate surface area is 169 Å². The van der Waals surface area contributed by atoms with Crippen LogP contribution in [0.25, 0.3) is 0 Å². The fraction of sp³-hybridized carbons (Fsp3) is 0.636. The van der Waals surface area contributed by atoms with Crippen LogP contribution < -0.4 is 0 Å². The second-order valence-corrected chi connectivity index (χ2v) is 6.48. The molecule has 0 saturated carbocycles. The summed E-state index contributed by atoms with van der Waals surface area (Å²) in [6, 6.07) is 3.33. The Bertz CT molecular complexity index is 580. The third-order valence-corrected chi connectivity index (χ3v) is 4.01. The lowest BCUT2D eigenvalue weighted by molar-refractivity contribution is -0.133. The summed E-state index contributed by atoms with van der Waals surface area (Å²) in [5.41, 5.74) is -0.278. The molecule has 0 saturated heterocycles. The van der Waals surface area contributed by atoms with Gasteiger partial charge in [0.15, 0.2) is 0 Å². The molecule has 0 heterocycles.